The van der Waals surface area contributed by atoms with Gasteiger partial charge in [-0.1, -0.05) is 47.0 Å². The highest BCUT2D eigenvalue weighted by Crippen LogP contribution is 2.49. The van der Waals surface area contributed by atoms with Gasteiger partial charge in [0.25, 0.3) is 0 Å². The van der Waals surface area contributed by atoms with Crippen LogP contribution in [0.1, 0.15) is 66.2 Å². The third-order valence-corrected chi connectivity index (χ3v) is 4.89. The molecule has 0 bridgehead atoms. The zero-order valence-corrected chi connectivity index (χ0v) is 11.6. The molecule has 0 aliphatic heterocycles. The van der Waals surface area contributed by atoms with Crippen molar-refractivity contribution in [3.63, 3.8) is 0 Å². The largest absolute Gasteiger partial charge is 0.396 e. The quantitative estimate of drug-likeness (QED) is 0.688. The molecule has 2 atom stereocenters. The second-order valence-corrected chi connectivity index (χ2v) is 6.42. The van der Waals surface area contributed by atoms with Gasteiger partial charge in [0.15, 0.2) is 0 Å². The summed E-state index contributed by atoms with van der Waals surface area (Å²) in [5.74, 6) is 2.11. The predicted octanol–water partition coefficient (Wildman–Crippen LogP) is 4.25. The van der Waals surface area contributed by atoms with E-state index in [-0.39, 0.29) is 0 Å². The first-order chi connectivity index (χ1) is 7.53. The smallest absolute Gasteiger partial charge is 0.0464 e. The highest BCUT2D eigenvalue weighted by atomic mass is 16.3. The van der Waals surface area contributed by atoms with E-state index in [1.54, 1.807) is 0 Å². The van der Waals surface area contributed by atoms with Gasteiger partial charge in [0, 0.05) is 6.61 Å². The van der Waals surface area contributed by atoms with Gasteiger partial charge in [-0.05, 0) is 42.4 Å². The van der Waals surface area contributed by atoms with Crippen LogP contribution in [0.4, 0.5) is 0 Å². The number of aliphatic hydroxyl groups excluding tert-OH is 1. The molecular formula is C15H30O. The molecule has 96 valence electrons. The van der Waals surface area contributed by atoms with Crippen LogP contribution in [0.3, 0.4) is 0 Å². The van der Waals surface area contributed by atoms with Crippen LogP contribution in [0.15, 0.2) is 0 Å². The Bertz CT molecular complexity index is 194. The molecule has 0 heterocycles. The fraction of sp³-hybridized carbons (Fsp3) is 1.00. The minimum atomic E-state index is 0.392. The van der Waals surface area contributed by atoms with Gasteiger partial charge in [0.2, 0.25) is 0 Å². The zero-order valence-electron chi connectivity index (χ0n) is 11.6. The first-order valence-corrected chi connectivity index (χ1v) is 7.14. The van der Waals surface area contributed by atoms with Gasteiger partial charge in [-0.2, -0.15) is 0 Å². The molecule has 1 N–H and O–H groups in total. The summed E-state index contributed by atoms with van der Waals surface area (Å²) in [7, 11) is 0. The molecule has 1 saturated carbocycles. The molecule has 0 spiro atoms. The lowest BCUT2D eigenvalue weighted by Gasteiger charge is -2.46. The van der Waals surface area contributed by atoms with Crippen molar-refractivity contribution in [1.29, 1.82) is 0 Å². The van der Waals surface area contributed by atoms with Crippen LogP contribution < -0.4 is 0 Å². The molecule has 1 fully saturated rings. The molecule has 0 saturated heterocycles. The molecule has 1 aliphatic carbocycles. The van der Waals surface area contributed by atoms with Gasteiger partial charge in [-0.15, -0.1) is 0 Å². The molecular weight excluding hydrogens is 196 g/mol. The highest BCUT2D eigenvalue weighted by Gasteiger charge is 2.40. The van der Waals surface area contributed by atoms with E-state index in [1.807, 2.05) is 0 Å². The standard InChI is InChI=1S/C15H30O/c1-5-7-13(12(2)3)10-14(11-16)15(4)8-6-9-15/h12-14,16H,5-11H2,1-4H3. The molecule has 0 radical (unpaired) electrons. The molecule has 2 unspecified atom stereocenters. The Morgan fingerprint density at radius 2 is 1.88 bits per heavy atom. The van der Waals surface area contributed by atoms with Crippen LogP contribution in [0.2, 0.25) is 0 Å². The summed E-state index contributed by atoms with van der Waals surface area (Å²) in [6, 6.07) is 0. The van der Waals surface area contributed by atoms with E-state index in [9.17, 15) is 5.11 Å². The lowest BCUT2D eigenvalue weighted by atomic mass is 9.60. The van der Waals surface area contributed by atoms with Crippen LogP contribution in [0.5, 0.6) is 0 Å². The molecule has 1 aliphatic rings. The van der Waals surface area contributed by atoms with Crippen LogP contribution in [0.25, 0.3) is 0 Å². The van der Waals surface area contributed by atoms with Crippen molar-refractivity contribution >= 4 is 0 Å². The van der Waals surface area contributed by atoms with E-state index in [0.29, 0.717) is 17.9 Å². The van der Waals surface area contributed by atoms with Gasteiger partial charge in [-0.3, -0.25) is 0 Å². The van der Waals surface area contributed by atoms with Crippen molar-refractivity contribution in [2.75, 3.05) is 6.61 Å². The number of rotatable bonds is 7. The Morgan fingerprint density at radius 1 is 1.25 bits per heavy atom. The zero-order chi connectivity index (χ0) is 12.2. The molecule has 16 heavy (non-hydrogen) atoms. The molecule has 1 rings (SSSR count). The maximum atomic E-state index is 9.63. The summed E-state index contributed by atoms with van der Waals surface area (Å²) < 4.78 is 0. The first-order valence-electron chi connectivity index (χ1n) is 7.14. The van der Waals surface area contributed by atoms with Gasteiger partial charge in [0.05, 0.1) is 0 Å². The number of aliphatic hydroxyl groups is 1. The summed E-state index contributed by atoms with van der Waals surface area (Å²) in [6.07, 6.45) is 7.86. The molecule has 1 nitrogen and oxygen atoms in total. The second kappa shape index (κ2) is 6.05. The Balaban J connectivity index is 2.52. The van der Waals surface area contributed by atoms with Crippen molar-refractivity contribution in [3.05, 3.63) is 0 Å². The van der Waals surface area contributed by atoms with Crippen LogP contribution >= 0.6 is 0 Å². The number of hydrogen-bond acceptors (Lipinski definition) is 1. The van der Waals surface area contributed by atoms with E-state index < -0.39 is 0 Å². The summed E-state index contributed by atoms with van der Waals surface area (Å²) in [5.41, 5.74) is 0.454. The average Bonchev–Trinajstić information content (AvgIpc) is 2.20. The van der Waals surface area contributed by atoms with Gasteiger partial charge in [0.1, 0.15) is 0 Å². The summed E-state index contributed by atoms with van der Waals surface area (Å²) in [4.78, 5) is 0. The molecule has 0 aromatic heterocycles. The lowest BCUT2D eigenvalue weighted by molar-refractivity contribution is 0.0101. The van der Waals surface area contributed by atoms with E-state index in [1.165, 1.54) is 38.5 Å². The summed E-state index contributed by atoms with van der Waals surface area (Å²) >= 11 is 0. The summed E-state index contributed by atoms with van der Waals surface area (Å²) in [6.45, 7) is 9.70. The van der Waals surface area contributed by atoms with Crippen molar-refractivity contribution < 1.29 is 5.11 Å². The maximum absolute atomic E-state index is 9.63. The fourth-order valence-electron chi connectivity index (χ4n) is 3.18. The van der Waals surface area contributed by atoms with E-state index >= 15 is 0 Å². The number of hydrogen-bond donors (Lipinski definition) is 1. The Kier molecular flexibility index (Phi) is 5.30. The van der Waals surface area contributed by atoms with Gasteiger partial charge < -0.3 is 5.11 Å². The normalized spacial score (nSPS) is 22.9. The Labute approximate surface area is 102 Å². The maximum Gasteiger partial charge on any atom is 0.0464 e. The highest BCUT2D eigenvalue weighted by molar-refractivity contribution is 4.90. The molecule has 0 aromatic carbocycles. The van der Waals surface area contributed by atoms with Crippen LogP contribution in [0, 0.1) is 23.2 Å². The molecule has 0 aromatic rings. The lowest BCUT2D eigenvalue weighted by Crippen LogP contribution is -2.38. The molecule has 0 amide bonds. The Hall–Kier alpha value is -0.0400. The predicted molar refractivity (Wildman–Crippen MR) is 70.4 cm³/mol. The van der Waals surface area contributed by atoms with Crippen molar-refractivity contribution in [2.45, 2.75) is 66.2 Å². The third-order valence-electron chi connectivity index (χ3n) is 4.89. The minimum Gasteiger partial charge on any atom is -0.396 e. The third kappa shape index (κ3) is 3.23. The van der Waals surface area contributed by atoms with E-state index in [4.69, 9.17) is 0 Å². The minimum absolute atomic E-state index is 0.392. The fourth-order valence-corrected chi connectivity index (χ4v) is 3.18. The van der Waals surface area contributed by atoms with Crippen molar-refractivity contribution in [3.8, 4) is 0 Å². The average molecular weight is 226 g/mol. The first kappa shape index (κ1) is 14.0. The topological polar surface area (TPSA) is 20.2 Å². The summed E-state index contributed by atoms with van der Waals surface area (Å²) in [5, 5.41) is 9.63. The second-order valence-electron chi connectivity index (χ2n) is 6.42. The van der Waals surface area contributed by atoms with E-state index in [0.717, 1.165) is 11.8 Å². The van der Waals surface area contributed by atoms with Gasteiger partial charge in [-0.25, -0.2) is 0 Å². The van der Waals surface area contributed by atoms with Crippen LogP contribution in [-0.4, -0.2) is 11.7 Å². The monoisotopic (exact) mass is 226 g/mol. The molecule has 1 heteroatoms. The van der Waals surface area contributed by atoms with Gasteiger partial charge >= 0.3 is 0 Å². The van der Waals surface area contributed by atoms with Crippen molar-refractivity contribution in [2.24, 2.45) is 23.2 Å². The van der Waals surface area contributed by atoms with Crippen molar-refractivity contribution in [1.82, 2.24) is 0 Å². The SMILES string of the molecule is CCCC(CC(CO)C1(C)CCC1)C(C)C. The Morgan fingerprint density at radius 3 is 2.19 bits per heavy atom. The van der Waals surface area contributed by atoms with E-state index in [2.05, 4.69) is 27.7 Å². The van der Waals surface area contributed by atoms with Crippen LogP contribution in [-0.2, 0) is 0 Å².